The summed E-state index contributed by atoms with van der Waals surface area (Å²) >= 11 is 0. The molecule has 10 rings (SSSR count). The molecule has 57 heavy (non-hydrogen) atoms. The molecule has 0 spiro atoms. The van der Waals surface area contributed by atoms with Gasteiger partial charge in [-0.15, -0.1) is 0 Å². The molecule has 0 saturated carbocycles. The van der Waals surface area contributed by atoms with Gasteiger partial charge in [0.25, 0.3) is 0 Å². The van der Waals surface area contributed by atoms with E-state index in [2.05, 4.69) is 97.6 Å². The molecule has 5 N–H and O–H groups in total. The summed E-state index contributed by atoms with van der Waals surface area (Å²) < 4.78 is 6.44. The predicted molar refractivity (Wildman–Crippen MR) is 225 cm³/mol. The first kappa shape index (κ1) is 34.6. The molecule has 2 aliphatic carbocycles. The molecule has 0 amide bonds. The van der Waals surface area contributed by atoms with Crippen LogP contribution in [0.15, 0.2) is 151 Å². The highest BCUT2D eigenvalue weighted by atomic mass is 16.5. The summed E-state index contributed by atoms with van der Waals surface area (Å²) in [6.45, 7) is 5.57. The highest BCUT2D eigenvalue weighted by Crippen LogP contribution is 2.61. The van der Waals surface area contributed by atoms with Gasteiger partial charge in [-0.2, -0.15) is 0 Å². The van der Waals surface area contributed by atoms with E-state index < -0.39 is 34.8 Å². The average Bonchev–Trinajstić information content (AvgIpc) is 3.54. The maximum atomic E-state index is 11.1. The molecule has 8 heteroatoms. The number of para-hydroxylation sites is 1. The third-order valence-corrected chi connectivity index (χ3v) is 12.2. The Morgan fingerprint density at radius 1 is 0.684 bits per heavy atom. The third-order valence-electron chi connectivity index (χ3n) is 12.2. The van der Waals surface area contributed by atoms with E-state index in [-0.39, 0.29) is 17.0 Å². The van der Waals surface area contributed by atoms with Crippen LogP contribution in [0.25, 0.3) is 21.9 Å². The summed E-state index contributed by atoms with van der Waals surface area (Å²) in [5.41, 5.74) is 11.5. The first-order chi connectivity index (χ1) is 27.6. The molecule has 0 aromatic heterocycles. The van der Waals surface area contributed by atoms with Crippen molar-refractivity contribution in [1.29, 1.82) is 0 Å². The van der Waals surface area contributed by atoms with E-state index in [1.54, 1.807) is 4.90 Å². The summed E-state index contributed by atoms with van der Waals surface area (Å²) in [5, 5.41) is 55.5. The maximum Gasteiger partial charge on any atom is 0.208 e. The normalized spacial score (nSPS) is 19.0. The fraction of sp³-hybridized carbons (Fsp3) is 0.143. The number of aromatic hydroxyl groups is 5. The van der Waals surface area contributed by atoms with Gasteiger partial charge in [0.2, 0.25) is 17.2 Å². The van der Waals surface area contributed by atoms with Crippen LogP contribution in [0.4, 0.5) is 22.7 Å². The van der Waals surface area contributed by atoms with Crippen LogP contribution in [0, 0.1) is 0 Å². The van der Waals surface area contributed by atoms with Crippen LogP contribution < -0.4 is 9.80 Å². The van der Waals surface area contributed by atoms with Crippen molar-refractivity contribution in [2.75, 3.05) is 23.0 Å². The third kappa shape index (κ3) is 5.17. The molecule has 2 heterocycles. The summed E-state index contributed by atoms with van der Waals surface area (Å²) in [6.07, 6.45) is 8.54. The Labute approximate surface area is 330 Å². The smallest absolute Gasteiger partial charge is 0.208 e. The van der Waals surface area contributed by atoms with Gasteiger partial charge in [0.1, 0.15) is 5.69 Å². The van der Waals surface area contributed by atoms with E-state index in [4.69, 9.17) is 4.74 Å². The molecule has 8 nitrogen and oxygen atoms in total. The van der Waals surface area contributed by atoms with Gasteiger partial charge < -0.3 is 40.1 Å². The van der Waals surface area contributed by atoms with Crippen molar-refractivity contribution < 1.29 is 30.3 Å². The lowest BCUT2D eigenvalue weighted by Crippen LogP contribution is -2.29. The standard InChI is InChI=1S/C49H40N2O6/c1-49(2)38-15-9-8-14-35(38)36-25-33(26-57-27-39(36)49)50(31-11-4-3-5-12-31)32-20-16-28(17-21-32)30-19-22-40-37(24-30)42-34-13-7-6-10-29(34)18-23-41(42)51(40)43-44(52)46(54)48(56)47(55)45(43)53/h3-25,37,40,52-56H,26-27H2,1-2H3. The molecule has 282 valence electrons. The van der Waals surface area contributed by atoms with Crippen LogP contribution in [0.5, 0.6) is 28.7 Å². The lowest BCUT2D eigenvalue weighted by atomic mass is 9.81. The quantitative estimate of drug-likeness (QED) is 0.0873. The second kappa shape index (κ2) is 12.8. The maximum absolute atomic E-state index is 11.1. The van der Waals surface area contributed by atoms with E-state index in [9.17, 15) is 25.5 Å². The number of hydrogen-bond donors (Lipinski definition) is 5. The Kier molecular flexibility index (Phi) is 7.78. The van der Waals surface area contributed by atoms with Gasteiger partial charge in [-0.25, -0.2) is 0 Å². The van der Waals surface area contributed by atoms with Crippen molar-refractivity contribution in [3.63, 3.8) is 0 Å². The number of phenolic OH excluding ortho intramolecular Hbond substituents is 5. The van der Waals surface area contributed by atoms with Crippen molar-refractivity contribution in [1.82, 2.24) is 0 Å². The molecular weight excluding hydrogens is 713 g/mol. The molecule has 0 radical (unpaired) electrons. The van der Waals surface area contributed by atoms with E-state index in [0.29, 0.717) is 18.9 Å². The minimum atomic E-state index is -0.989. The average molecular weight is 753 g/mol. The van der Waals surface area contributed by atoms with Gasteiger partial charge >= 0.3 is 0 Å². The second-order valence-corrected chi connectivity index (χ2v) is 15.6. The lowest BCUT2D eigenvalue weighted by Gasteiger charge is -2.31. The predicted octanol–water partition coefficient (Wildman–Crippen LogP) is 10.4. The van der Waals surface area contributed by atoms with E-state index in [1.807, 2.05) is 60.7 Å². The number of nitrogens with zero attached hydrogens (tertiary/aromatic N) is 2. The van der Waals surface area contributed by atoms with Crippen molar-refractivity contribution in [3.8, 4) is 28.7 Å². The monoisotopic (exact) mass is 752 g/mol. The zero-order valence-corrected chi connectivity index (χ0v) is 31.4. The number of phenols is 5. The fourth-order valence-electron chi connectivity index (χ4n) is 9.34. The molecular formula is C49H40N2O6. The van der Waals surface area contributed by atoms with Gasteiger partial charge in [0.05, 0.1) is 19.3 Å². The van der Waals surface area contributed by atoms with Gasteiger partial charge in [-0.05, 0) is 86.2 Å². The Balaban J connectivity index is 1.05. The number of allylic oxidation sites excluding steroid dienone is 4. The fourth-order valence-corrected chi connectivity index (χ4v) is 9.34. The van der Waals surface area contributed by atoms with Crippen LogP contribution in [-0.2, 0) is 10.2 Å². The van der Waals surface area contributed by atoms with Gasteiger partial charge in [0.15, 0.2) is 11.5 Å². The first-order valence-corrected chi connectivity index (χ1v) is 19.1. The Morgan fingerprint density at radius 2 is 1.35 bits per heavy atom. The van der Waals surface area contributed by atoms with Gasteiger partial charge in [-0.1, -0.05) is 117 Å². The zero-order valence-electron chi connectivity index (χ0n) is 31.4. The molecule has 6 aromatic rings. The molecule has 4 aliphatic rings. The Bertz CT molecular complexity index is 2730. The number of fused-ring (bicyclic) bond motifs is 7. The Hall–Kier alpha value is -6.90. The SMILES string of the molecule is CC1(C)C2=C(C=C(N(c3ccccc3)c3ccc(C4=CC5c6c(ccc7ccccc67)N(c6c(O)c(O)c(O)c(O)c6O)C5C=C4)cc3)COC2)c2ccccc21. The van der Waals surface area contributed by atoms with Crippen molar-refractivity contribution >= 4 is 44.7 Å². The van der Waals surface area contributed by atoms with Crippen LogP contribution in [0.3, 0.4) is 0 Å². The first-order valence-electron chi connectivity index (χ1n) is 19.1. The molecule has 6 aromatic carbocycles. The van der Waals surface area contributed by atoms with Crippen molar-refractivity contribution in [3.05, 3.63) is 173 Å². The summed E-state index contributed by atoms with van der Waals surface area (Å²) in [4.78, 5) is 3.99. The van der Waals surface area contributed by atoms with Crippen LogP contribution in [0.2, 0.25) is 0 Å². The summed E-state index contributed by atoms with van der Waals surface area (Å²) in [7, 11) is 0. The highest BCUT2D eigenvalue weighted by molar-refractivity contribution is 5.98. The number of anilines is 4. The summed E-state index contributed by atoms with van der Waals surface area (Å²) in [5.74, 6) is -4.51. The Morgan fingerprint density at radius 3 is 2.12 bits per heavy atom. The minimum Gasteiger partial charge on any atom is -0.503 e. The lowest BCUT2D eigenvalue weighted by molar-refractivity contribution is 0.173. The molecule has 0 bridgehead atoms. The van der Waals surface area contributed by atoms with Crippen molar-refractivity contribution in [2.24, 2.45) is 0 Å². The summed E-state index contributed by atoms with van der Waals surface area (Å²) in [6, 6.07) is 39.0. The largest absolute Gasteiger partial charge is 0.503 e. The molecule has 0 fully saturated rings. The topological polar surface area (TPSA) is 117 Å². The number of benzene rings is 6. The molecule has 2 atom stereocenters. The van der Waals surface area contributed by atoms with Gasteiger partial charge in [-0.3, -0.25) is 0 Å². The number of ether oxygens (including phenoxy) is 1. The van der Waals surface area contributed by atoms with E-state index in [1.165, 1.54) is 22.3 Å². The second-order valence-electron chi connectivity index (χ2n) is 15.6. The van der Waals surface area contributed by atoms with Crippen LogP contribution in [-0.4, -0.2) is 44.8 Å². The molecule has 2 unspecified atom stereocenters. The van der Waals surface area contributed by atoms with E-state index in [0.717, 1.165) is 44.5 Å². The highest BCUT2D eigenvalue weighted by Gasteiger charge is 2.43. The molecule has 0 saturated heterocycles. The van der Waals surface area contributed by atoms with Crippen molar-refractivity contribution in [2.45, 2.75) is 31.2 Å². The van der Waals surface area contributed by atoms with Crippen LogP contribution >= 0.6 is 0 Å². The number of rotatable bonds is 5. The van der Waals surface area contributed by atoms with Crippen LogP contribution in [0.1, 0.15) is 42.0 Å². The van der Waals surface area contributed by atoms with Gasteiger partial charge in [0, 0.05) is 34.1 Å². The molecule has 2 aliphatic heterocycles. The van der Waals surface area contributed by atoms with E-state index >= 15 is 0 Å². The number of hydrogen-bond acceptors (Lipinski definition) is 8. The zero-order chi connectivity index (χ0) is 39.2. The minimum absolute atomic E-state index is 0.130.